The number of aryl methyl sites for hydroxylation is 1. The number of morpholine rings is 1. The van der Waals surface area contributed by atoms with Crippen LogP contribution in [0.3, 0.4) is 0 Å². The average molecular weight is 439 g/mol. The highest BCUT2D eigenvalue weighted by atomic mass is 79.9. The number of benzene rings is 2. The quantitative estimate of drug-likeness (QED) is 0.795. The van der Waals surface area contributed by atoms with Crippen LogP contribution in [0.1, 0.15) is 15.9 Å². The zero-order valence-corrected chi connectivity index (χ0v) is 16.6. The highest BCUT2D eigenvalue weighted by Gasteiger charge is 2.23. The fourth-order valence-corrected chi connectivity index (χ4v) is 4.30. The molecule has 3 rings (SSSR count). The monoisotopic (exact) mass is 438 g/mol. The molecule has 1 amide bonds. The van der Waals surface area contributed by atoms with Crippen LogP contribution in [0.5, 0.6) is 0 Å². The van der Waals surface area contributed by atoms with Crippen molar-refractivity contribution in [1.29, 1.82) is 0 Å². The van der Waals surface area contributed by atoms with Crippen molar-refractivity contribution in [3.8, 4) is 0 Å². The zero-order valence-electron chi connectivity index (χ0n) is 14.2. The maximum Gasteiger partial charge on any atom is 0.261 e. The topological polar surface area (TPSA) is 75.7 Å². The van der Waals surface area contributed by atoms with Crippen LogP contribution >= 0.6 is 15.9 Å². The number of para-hydroxylation sites is 1. The highest BCUT2D eigenvalue weighted by Crippen LogP contribution is 2.25. The minimum Gasteiger partial charge on any atom is -0.378 e. The van der Waals surface area contributed by atoms with Crippen molar-refractivity contribution >= 4 is 37.5 Å². The number of sulfonamides is 1. The minimum absolute atomic E-state index is 0.0514. The smallest absolute Gasteiger partial charge is 0.261 e. The Hall–Kier alpha value is -1.90. The van der Waals surface area contributed by atoms with Crippen molar-refractivity contribution in [1.82, 2.24) is 4.90 Å². The number of ether oxygens (including phenoxy) is 1. The Morgan fingerprint density at radius 2 is 1.85 bits per heavy atom. The van der Waals surface area contributed by atoms with Crippen LogP contribution in [-0.4, -0.2) is 45.5 Å². The fourth-order valence-electron chi connectivity index (χ4n) is 2.68. The van der Waals surface area contributed by atoms with E-state index in [4.69, 9.17) is 4.74 Å². The number of anilines is 1. The minimum atomic E-state index is -3.81. The number of hydrogen-bond donors (Lipinski definition) is 1. The van der Waals surface area contributed by atoms with Gasteiger partial charge in [-0.25, -0.2) is 8.42 Å². The van der Waals surface area contributed by atoms with E-state index in [0.717, 1.165) is 5.56 Å². The van der Waals surface area contributed by atoms with Gasteiger partial charge in [0.25, 0.3) is 15.9 Å². The zero-order chi connectivity index (χ0) is 18.7. The summed E-state index contributed by atoms with van der Waals surface area (Å²) >= 11 is 3.32. The van der Waals surface area contributed by atoms with Crippen molar-refractivity contribution in [3.63, 3.8) is 0 Å². The van der Waals surface area contributed by atoms with Gasteiger partial charge in [-0.05, 0) is 52.7 Å². The molecule has 1 aliphatic rings. The van der Waals surface area contributed by atoms with E-state index in [1.54, 1.807) is 42.2 Å². The van der Waals surface area contributed by atoms with Crippen LogP contribution in [-0.2, 0) is 14.8 Å². The molecule has 0 aliphatic carbocycles. The third kappa shape index (κ3) is 4.08. The van der Waals surface area contributed by atoms with Gasteiger partial charge < -0.3 is 9.64 Å². The van der Waals surface area contributed by atoms with E-state index in [1.807, 2.05) is 0 Å². The van der Waals surface area contributed by atoms with Gasteiger partial charge in [0.2, 0.25) is 0 Å². The summed E-state index contributed by atoms with van der Waals surface area (Å²) < 4.78 is 33.9. The summed E-state index contributed by atoms with van der Waals surface area (Å²) in [5, 5.41) is 0. The maximum absolute atomic E-state index is 12.8. The average Bonchev–Trinajstić information content (AvgIpc) is 2.64. The van der Waals surface area contributed by atoms with E-state index in [-0.39, 0.29) is 10.8 Å². The second-order valence-corrected chi connectivity index (χ2v) is 8.50. The predicted molar refractivity (Wildman–Crippen MR) is 103 cm³/mol. The summed E-state index contributed by atoms with van der Waals surface area (Å²) in [6.45, 7) is 3.79. The summed E-state index contributed by atoms with van der Waals surface area (Å²) in [6, 6.07) is 11.5. The van der Waals surface area contributed by atoms with Crippen molar-refractivity contribution in [2.75, 3.05) is 31.0 Å². The molecular weight excluding hydrogens is 420 g/mol. The Labute approximate surface area is 161 Å². The summed E-state index contributed by atoms with van der Waals surface area (Å²) in [5.41, 5.74) is 1.57. The summed E-state index contributed by atoms with van der Waals surface area (Å²) in [4.78, 5) is 14.5. The normalized spacial score (nSPS) is 14.9. The number of amides is 1. The fraction of sp³-hybridized carbons (Fsp3) is 0.278. The Morgan fingerprint density at radius 1 is 1.15 bits per heavy atom. The second kappa shape index (κ2) is 7.77. The molecular formula is C18H19BrN2O4S. The number of nitrogens with one attached hydrogen (secondary N) is 1. The van der Waals surface area contributed by atoms with Crippen LogP contribution in [0.4, 0.5) is 5.69 Å². The van der Waals surface area contributed by atoms with Crippen LogP contribution in [0.2, 0.25) is 0 Å². The molecule has 0 spiro atoms. The van der Waals surface area contributed by atoms with Gasteiger partial charge in [0, 0.05) is 23.1 Å². The van der Waals surface area contributed by atoms with Gasteiger partial charge >= 0.3 is 0 Å². The Morgan fingerprint density at radius 3 is 2.54 bits per heavy atom. The molecule has 0 unspecified atom stereocenters. The SMILES string of the molecule is Cc1ccc(S(=O)(=O)Nc2ccccc2Br)cc1C(=O)N1CCOCC1. The lowest BCUT2D eigenvalue weighted by atomic mass is 10.1. The lowest BCUT2D eigenvalue weighted by Gasteiger charge is -2.27. The van der Waals surface area contributed by atoms with Crippen molar-refractivity contribution in [2.45, 2.75) is 11.8 Å². The molecule has 0 bridgehead atoms. The van der Waals surface area contributed by atoms with Gasteiger partial charge in [-0.2, -0.15) is 0 Å². The molecule has 1 fully saturated rings. The largest absolute Gasteiger partial charge is 0.378 e. The van der Waals surface area contributed by atoms with Gasteiger partial charge in [0.15, 0.2) is 0 Å². The molecule has 8 heteroatoms. The van der Waals surface area contributed by atoms with Gasteiger partial charge in [0.05, 0.1) is 23.8 Å². The number of nitrogens with zero attached hydrogens (tertiary/aromatic N) is 1. The van der Waals surface area contributed by atoms with E-state index in [1.165, 1.54) is 12.1 Å². The summed E-state index contributed by atoms with van der Waals surface area (Å²) in [5.74, 6) is -0.177. The Balaban J connectivity index is 1.91. The molecule has 0 saturated carbocycles. The van der Waals surface area contributed by atoms with Gasteiger partial charge in [-0.15, -0.1) is 0 Å². The number of hydrogen-bond acceptors (Lipinski definition) is 4. The molecule has 1 saturated heterocycles. The van der Waals surface area contributed by atoms with Crippen LogP contribution < -0.4 is 4.72 Å². The third-order valence-electron chi connectivity index (χ3n) is 4.17. The molecule has 1 heterocycles. The Kier molecular flexibility index (Phi) is 5.64. The van der Waals surface area contributed by atoms with E-state index in [9.17, 15) is 13.2 Å². The number of carbonyl (C=O) groups excluding carboxylic acids is 1. The molecule has 0 radical (unpaired) electrons. The third-order valence-corrected chi connectivity index (χ3v) is 6.22. The second-order valence-electron chi connectivity index (χ2n) is 5.97. The first-order valence-electron chi connectivity index (χ1n) is 8.13. The highest BCUT2D eigenvalue weighted by molar-refractivity contribution is 9.10. The van der Waals surface area contributed by atoms with Gasteiger partial charge in [0.1, 0.15) is 0 Å². The standard InChI is InChI=1S/C18H19BrN2O4S/c1-13-6-7-14(12-15(13)18(22)21-8-10-25-11-9-21)26(23,24)20-17-5-3-2-4-16(17)19/h2-7,12,20H,8-11H2,1H3. The van der Waals surface area contributed by atoms with Crippen LogP contribution in [0.15, 0.2) is 51.8 Å². The lowest BCUT2D eigenvalue weighted by Crippen LogP contribution is -2.41. The van der Waals surface area contributed by atoms with Crippen LogP contribution in [0, 0.1) is 6.92 Å². The number of carbonyl (C=O) groups is 1. The van der Waals surface area contributed by atoms with E-state index in [2.05, 4.69) is 20.7 Å². The lowest BCUT2D eigenvalue weighted by molar-refractivity contribution is 0.0302. The maximum atomic E-state index is 12.8. The Bertz CT molecular complexity index is 925. The molecule has 1 aliphatic heterocycles. The molecule has 1 N–H and O–H groups in total. The molecule has 2 aromatic carbocycles. The molecule has 138 valence electrons. The molecule has 2 aromatic rings. The summed E-state index contributed by atoms with van der Waals surface area (Å²) in [6.07, 6.45) is 0. The van der Waals surface area contributed by atoms with Gasteiger partial charge in [-0.3, -0.25) is 9.52 Å². The molecule has 6 nitrogen and oxygen atoms in total. The molecule has 26 heavy (non-hydrogen) atoms. The van der Waals surface area contributed by atoms with E-state index >= 15 is 0 Å². The predicted octanol–water partition coefficient (Wildman–Crippen LogP) is 3.03. The van der Waals surface area contributed by atoms with Crippen LogP contribution in [0.25, 0.3) is 0 Å². The number of halogens is 1. The summed E-state index contributed by atoms with van der Waals surface area (Å²) in [7, 11) is -3.81. The van der Waals surface area contributed by atoms with Crippen molar-refractivity contribution < 1.29 is 17.9 Å². The first kappa shape index (κ1) is 18.9. The van der Waals surface area contributed by atoms with Crippen molar-refractivity contribution in [3.05, 3.63) is 58.1 Å². The van der Waals surface area contributed by atoms with Crippen molar-refractivity contribution in [2.24, 2.45) is 0 Å². The number of rotatable bonds is 4. The van der Waals surface area contributed by atoms with E-state index < -0.39 is 10.0 Å². The first-order chi connectivity index (χ1) is 12.4. The first-order valence-corrected chi connectivity index (χ1v) is 10.4. The molecule has 0 atom stereocenters. The molecule has 0 aromatic heterocycles. The van der Waals surface area contributed by atoms with E-state index in [0.29, 0.717) is 42.0 Å². The van der Waals surface area contributed by atoms with Gasteiger partial charge in [-0.1, -0.05) is 18.2 Å².